The topological polar surface area (TPSA) is 67.2 Å². The lowest BCUT2D eigenvalue weighted by molar-refractivity contribution is -0.137. The molecule has 90 valence electrons. The second kappa shape index (κ2) is 5.65. The van der Waals surface area contributed by atoms with Gasteiger partial charge in [-0.3, -0.25) is 9.48 Å². The molecule has 5 nitrogen and oxygen atoms in total. The van der Waals surface area contributed by atoms with Crippen LogP contribution < -0.4 is 5.32 Å². The molecule has 1 atom stereocenters. The maximum atomic E-state index is 10.6. The molecule has 1 rings (SSSR count). The monoisotopic (exact) mass is 225 g/mol. The number of carboxylic acids is 1. The van der Waals surface area contributed by atoms with Gasteiger partial charge in [0, 0.05) is 17.3 Å². The third-order valence-corrected chi connectivity index (χ3v) is 2.59. The first-order valence-corrected chi connectivity index (χ1v) is 5.53. The van der Waals surface area contributed by atoms with E-state index in [9.17, 15) is 4.79 Å². The fourth-order valence-corrected chi connectivity index (χ4v) is 1.64. The van der Waals surface area contributed by atoms with Gasteiger partial charge in [0.1, 0.15) is 6.54 Å². The fraction of sp³-hybridized carbons (Fsp3) is 0.636. The molecule has 0 radical (unpaired) electrons. The molecule has 0 saturated heterocycles. The summed E-state index contributed by atoms with van der Waals surface area (Å²) in [4.78, 5) is 10.6. The molecule has 1 aromatic rings. The summed E-state index contributed by atoms with van der Waals surface area (Å²) in [7, 11) is 0. The van der Waals surface area contributed by atoms with Crippen molar-refractivity contribution in [3.8, 4) is 0 Å². The van der Waals surface area contributed by atoms with E-state index in [0.29, 0.717) is 0 Å². The van der Waals surface area contributed by atoms with Gasteiger partial charge in [0.15, 0.2) is 0 Å². The van der Waals surface area contributed by atoms with Crippen molar-refractivity contribution >= 4 is 5.97 Å². The number of rotatable bonds is 6. The predicted octanol–water partition coefficient (Wildman–Crippen LogP) is 1.34. The van der Waals surface area contributed by atoms with Crippen LogP contribution >= 0.6 is 0 Å². The van der Waals surface area contributed by atoms with Gasteiger partial charge in [-0.1, -0.05) is 6.92 Å². The minimum absolute atomic E-state index is 0.0771. The molecule has 0 amide bonds. The van der Waals surface area contributed by atoms with Gasteiger partial charge in [0.05, 0.1) is 6.20 Å². The Balaban J connectivity index is 2.74. The lowest BCUT2D eigenvalue weighted by Crippen LogP contribution is -2.20. The van der Waals surface area contributed by atoms with Crippen molar-refractivity contribution in [1.82, 2.24) is 15.1 Å². The smallest absolute Gasteiger partial charge is 0.325 e. The van der Waals surface area contributed by atoms with E-state index in [4.69, 9.17) is 5.11 Å². The summed E-state index contributed by atoms with van der Waals surface area (Å²) in [6.45, 7) is 6.94. The highest BCUT2D eigenvalue weighted by Crippen LogP contribution is 2.16. The quantitative estimate of drug-likeness (QED) is 0.766. The summed E-state index contributed by atoms with van der Waals surface area (Å²) in [5.41, 5.74) is 1.98. The van der Waals surface area contributed by atoms with E-state index in [1.54, 1.807) is 6.20 Å². The van der Waals surface area contributed by atoms with Crippen molar-refractivity contribution in [2.24, 2.45) is 0 Å². The minimum atomic E-state index is -0.869. The second-order valence-corrected chi connectivity index (χ2v) is 3.91. The summed E-state index contributed by atoms with van der Waals surface area (Å²) in [6.07, 6.45) is 2.82. The maximum Gasteiger partial charge on any atom is 0.325 e. The zero-order valence-electron chi connectivity index (χ0n) is 10.0. The largest absolute Gasteiger partial charge is 0.480 e. The molecule has 0 aliphatic carbocycles. The van der Waals surface area contributed by atoms with Crippen LogP contribution in [0.5, 0.6) is 0 Å². The third-order valence-electron chi connectivity index (χ3n) is 2.59. The zero-order chi connectivity index (χ0) is 12.1. The van der Waals surface area contributed by atoms with E-state index in [1.165, 1.54) is 4.68 Å². The van der Waals surface area contributed by atoms with Gasteiger partial charge in [-0.2, -0.15) is 5.10 Å². The molecule has 0 spiro atoms. The van der Waals surface area contributed by atoms with Crippen molar-refractivity contribution in [2.45, 2.75) is 39.8 Å². The lowest BCUT2D eigenvalue weighted by Gasteiger charge is -2.12. The van der Waals surface area contributed by atoms with Crippen molar-refractivity contribution < 1.29 is 9.90 Å². The first-order valence-electron chi connectivity index (χ1n) is 5.53. The molecular formula is C11H19N3O2. The van der Waals surface area contributed by atoms with E-state index in [2.05, 4.69) is 24.3 Å². The Morgan fingerprint density at radius 1 is 1.69 bits per heavy atom. The molecule has 0 aliphatic heterocycles. The Morgan fingerprint density at radius 3 is 2.94 bits per heavy atom. The number of aromatic nitrogens is 2. The van der Waals surface area contributed by atoms with Crippen LogP contribution in [0, 0.1) is 6.92 Å². The van der Waals surface area contributed by atoms with Gasteiger partial charge < -0.3 is 10.4 Å². The molecule has 1 unspecified atom stereocenters. The number of hydrogen-bond acceptors (Lipinski definition) is 3. The highest BCUT2D eigenvalue weighted by atomic mass is 16.4. The Morgan fingerprint density at radius 2 is 2.38 bits per heavy atom. The average Bonchev–Trinajstić information content (AvgIpc) is 2.56. The van der Waals surface area contributed by atoms with Crippen LogP contribution in [0.4, 0.5) is 0 Å². The number of carbonyl (C=O) groups is 1. The van der Waals surface area contributed by atoms with Crippen LogP contribution in [0.3, 0.4) is 0 Å². The van der Waals surface area contributed by atoms with Crippen molar-refractivity contribution in [2.75, 3.05) is 6.54 Å². The summed E-state index contributed by atoms with van der Waals surface area (Å²) in [5, 5.41) is 16.1. The highest BCUT2D eigenvalue weighted by molar-refractivity contribution is 5.66. The zero-order valence-corrected chi connectivity index (χ0v) is 10.0. The number of hydrogen-bond donors (Lipinski definition) is 2. The summed E-state index contributed by atoms with van der Waals surface area (Å²) in [6, 6.07) is 0.211. The summed E-state index contributed by atoms with van der Waals surface area (Å²) < 4.78 is 1.52. The van der Waals surface area contributed by atoms with Crippen LogP contribution in [0.15, 0.2) is 6.20 Å². The molecule has 1 aromatic heterocycles. The molecular weight excluding hydrogens is 206 g/mol. The van der Waals surface area contributed by atoms with E-state index in [1.807, 2.05) is 6.92 Å². The van der Waals surface area contributed by atoms with E-state index >= 15 is 0 Å². The Labute approximate surface area is 95.5 Å². The SMILES string of the molecule is CCCNC(C)c1cnn(CC(=O)O)c1C. The van der Waals surface area contributed by atoms with E-state index < -0.39 is 5.97 Å². The molecule has 0 aliphatic rings. The number of nitrogens with zero attached hydrogens (tertiary/aromatic N) is 2. The Hall–Kier alpha value is -1.36. The summed E-state index contributed by atoms with van der Waals surface area (Å²) in [5.74, 6) is -0.869. The minimum Gasteiger partial charge on any atom is -0.480 e. The number of nitrogens with one attached hydrogen (secondary N) is 1. The molecule has 16 heavy (non-hydrogen) atoms. The van der Waals surface area contributed by atoms with Crippen LogP contribution in [-0.2, 0) is 11.3 Å². The van der Waals surface area contributed by atoms with Gasteiger partial charge in [0.25, 0.3) is 0 Å². The van der Waals surface area contributed by atoms with Crippen LogP contribution in [0.25, 0.3) is 0 Å². The molecule has 2 N–H and O–H groups in total. The molecule has 0 bridgehead atoms. The second-order valence-electron chi connectivity index (χ2n) is 3.91. The first kappa shape index (κ1) is 12.7. The third kappa shape index (κ3) is 3.06. The van der Waals surface area contributed by atoms with Crippen molar-refractivity contribution in [1.29, 1.82) is 0 Å². The fourth-order valence-electron chi connectivity index (χ4n) is 1.64. The summed E-state index contributed by atoms with van der Waals surface area (Å²) >= 11 is 0. The Bertz CT molecular complexity index is 360. The van der Waals surface area contributed by atoms with E-state index in [-0.39, 0.29) is 12.6 Å². The van der Waals surface area contributed by atoms with Crippen molar-refractivity contribution in [3.63, 3.8) is 0 Å². The van der Waals surface area contributed by atoms with Crippen LogP contribution in [-0.4, -0.2) is 27.4 Å². The molecule has 0 saturated carbocycles. The Kier molecular flexibility index (Phi) is 4.49. The molecule has 5 heteroatoms. The van der Waals surface area contributed by atoms with Gasteiger partial charge in [-0.25, -0.2) is 0 Å². The molecule has 0 aromatic carbocycles. The van der Waals surface area contributed by atoms with Crippen LogP contribution in [0.1, 0.15) is 37.6 Å². The highest BCUT2D eigenvalue weighted by Gasteiger charge is 2.13. The number of carboxylic acid groups (broad SMARTS) is 1. The normalized spacial score (nSPS) is 12.7. The predicted molar refractivity (Wildman–Crippen MR) is 61.3 cm³/mol. The first-order chi connectivity index (χ1) is 7.56. The molecule has 0 fully saturated rings. The average molecular weight is 225 g/mol. The standard InChI is InChI=1S/C11H19N3O2/c1-4-5-12-8(2)10-6-13-14(9(10)3)7-11(15)16/h6,8,12H,4-5,7H2,1-3H3,(H,15,16). The van der Waals surface area contributed by atoms with Crippen LogP contribution in [0.2, 0.25) is 0 Å². The van der Waals surface area contributed by atoms with Crippen molar-refractivity contribution in [3.05, 3.63) is 17.5 Å². The number of aliphatic carboxylic acids is 1. The van der Waals surface area contributed by atoms with Gasteiger partial charge in [-0.05, 0) is 26.8 Å². The van der Waals surface area contributed by atoms with E-state index in [0.717, 1.165) is 24.2 Å². The maximum absolute atomic E-state index is 10.6. The van der Waals surface area contributed by atoms with Gasteiger partial charge in [-0.15, -0.1) is 0 Å². The lowest BCUT2D eigenvalue weighted by atomic mass is 10.1. The van der Waals surface area contributed by atoms with Gasteiger partial charge >= 0.3 is 5.97 Å². The van der Waals surface area contributed by atoms with Gasteiger partial charge in [0.2, 0.25) is 0 Å². The molecule has 1 heterocycles.